The van der Waals surface area contributed by atoms with Gasteiger partial charge in [-0.15, -0.1) is 0 Å². The highest BCUT2D eigenvalue weighted by Crippen LogP contribution is 2.32. The van der Waals surface area contributed by atoms with Crippen molar-refractivity contribution in [1.82, 2.24) is 4.98 Å². The lowest BCUT2D eigenvalue weighted by Crippen LogP contribution is -2.14. The molecule has 0 aliphatic heterocycles. The molecule has 1 unspecified atom stereocenters. The van der Waals surface area contributed by atoms with E-state index in [9.17, 15) is 5.11 Å². The van der Waals surface area contributed by atoms with Gasteiger partial charge in [-0.05, 0) is 0 Å². The molecule has 78 valence electrons. The maximum atomic E-state index is 9.64. The van der Waals surface area contributed by atoms with E-state index in [0.29, 0.717) is 17.1 Å². The molecule has 0 aliphatic rings. The van der Waals surface area contributed by atoms with Crippen LogP contribution >= 0.6 is 0 Å². The Labute approximate surface area is 82.5 Å². The van der Waals surface area contributed by atoms with Crippen LogP contribution in [0.1, 0.15) is 11.7 Å². The summed E-state index contributed by atoms with van der Waals surface area (Å²) in [5, 5.41) is 9.64. The minimum absolute atomic E-state index is 0.108. The van der Waals surface area contributed by atoms with Gasteiger partial charge in [0, 0.05) is 6.54 Å². The highest BCUT2D eigenvalue weighted by atomic mass is 16.5. The van der Waals surface area contributed by atoms with Gasteiger partial charge in [0.2, 0.25) is 0 Å². The van der Waals surface area contributed by atoms with Crippen molar-refractivity contribution in [1.29, 1.82) is 0 Å². The lowest BCUT2D eigenvalue weighted by molar-refractivity contribution is 0.177. The van der Waals surface area contributed by atoms with Crippen molar-refractivity contribution in [3.05, 3.63) is 18.0 Å². The first kappa shape index (κ1) is 10.7. The molecule has 1 atom stereocenters. The summed E-state index contributed by atoms with van der Waals surface area (Å²) < 4.78 is 10.1. The van der Waals surface area contributed by atoms with E-state index >= 15 is 0 Å². The Kier molecular flexibility index (Phi) is 3.67. The quantitative estimate of drug-likeness (QED) is 0.717. The van der Waals surface area contributed by atoms with Gasteiger partial charge in [0.25, 0.3) is 0 Å². The zero-order chi connectivity index (χ0) is 10.6. The Morgan fingerprint density at radius 2 is 1.86 bits per heavy atom. The monoisotopic (exact) mass is 198 g/mol. The van der Waals surface area contributed by atoms with Crippen molar-refractivity contribution in [2.24, 2.45) is 5.73 Å². The van der Waals surface area contributed by atoms with Crippen LogP contribution in [0.25, 0.3) is 0 Å². The second-order valence-electron chi connectivity index (χ2n) is 2.71. The molecular formula is C9H14N2O3. The Morgan fingerprint density at radius 3 is 2.21 bits per heavy atom. The minimum atomic E-state index is -0.803. The Balaban J connectivity index is 3.18. The van der Waals surface area contributed by atoms with Gasteiger partial charge < -0.3 is 20.3 Å². The lowest BCUT2D eigenvalue weighted by atomic mass is 10.1. The molecule has 1 rings (SSSR count). The zero-order valence-corrected chi connectivity index (χ0v) is 8.23. The van der Waals surface area contributed by atoms with Crippen molar-refractivity contribution in [3.63, 3.8) is 0 Å². The van der Waals surface area contributed by atoms with Gasteiger partial charge in [-0.25, -0.2) is 0 Å². The molecule has 0 amide bonds. The van der Waals surface area contributed by atoms with Crippen LogP contribution in [0, 0.1) is 0 Å². The molecule has 1 aromatic rings. The molecule has 0 saturated carbocycles. The highest BCUT2D eigenvalue weighted by Gasteiger charge is 2.17. The molecule has 0 saturated heterocycles. The van der Waals surface area contributed by atoms with E-state index in [1.54, 1.807) is 0 Å². The van der Waals surface area contributed by atoms with Crippen LogP contribution in [-0.4, -0.2) is 30.9 Å². The molecule has 5 heteroatoms. The minimum Gasteiger partial charge on any atom is -0.495 e. The Morgan fingerprint density at radius 1 is 1.36 bits per heavy atom. The number of nitrogens with two attached hydrogens (primary N) is 1. The molecule has 0 radical (unpaired) electrons. The fourth-order valence-corrected chi connectivity index (χ4v) is 1.20. The highest BCUT2D eigenvalue weighted by molar-refractivity contribution is 5.43. The predicted octanol–water partition coefficient (Wildman–Crippen LogP) is 0.0909. The fourth-order valence-electron chi connectivity index (χ4n) is 1.20. The predicted molar refractivity (Wildman–Crippen MR) is 51.4 cm³/mol. The first-order valence-electron chi connectivity index (χ1n) is 4.18. The summed E-state index contributed by atoms with van der Waals surface area (Å²) in [5.74, 6) is 0.949. The maximum absolute atomic E-state index is 9.64. The summed E-state index contributed by atoms with van der Waals surface area (Å²) in [7, 11) is 3.01. The number of rotatable bonds is 4. The Bertz CT molecular complexity index is 282. The number of nitrogens with zero attached hydrogens (tertiary/aromatic N) is 1. The summed E-state index contributed by atoms with van der Waals surface area (Å²) >= 11 is 0. The third-order valence-corrected chi connectivity index (χ3v) is 1.91. The molecule has 0 spiro atoms. The second-order valence-corrected chi connectivity index (χ2v) is 2.71. The smallest absolute Gasteiger partial charge is 0.146 e. The van der Waals surface area contributed by atoms with Gasteiger partial charge in [0.15, 0.2) is 0 Å². The number of pyridine rings is 1. The van der Waals surface area contributed by atoms with E-state index in [2.05, 4.69) is 4.98 Å². The average molecular weight is 198 g/mol. The number of hydrogen-bond donors (Lipinski definition) is 2. The summed E-state index contributed by atoms with van der Waals surface area (Å²) in [4.78, 5) is 3.90. The van der Waals surface area contributed by atoms with Crippen LogP contribution in [0.15, 0.2) is 12.4 Å². The van der Waals surface area contributed by atoms with Crippen molar-refractivity contribution < 1.29 is 14.6 Å². The average Bonchev–Trinajstić information content (AvgIpc) is 2.26. The van der Waals surface area contributed by atoms with Crippen molar-refractivity contribution in [2.45, 2.75) is 6.10 Å². The molecule has 0 bridgehead atoms. The first-order valence-corrected chi connectivity index (χ1v) is 4.18. The third-order valence-electron chi connectivity index (χ3n) is 1.91. The summed E-state index contributed by atoms with van der Waals surface area (Å²) in [6.45, 7) is 0.108. The number of aliphatic hydroxyl groups is 1. The van der Waals surface area contributed by atoms with E-state index in [1.807, 2.05) is 0 Å². The number of aliphatic hydroxyl groups excluding tert-OH is 1. The molecule has 14 heavy (non-hydrogen) atoms. The van der Waals surface area contributed by atoms with E-state index in [-0.39, 0.29) is 6.54 Å². The largest absolute Gasteiger partial charge is 0.495 e. The maximum Gasteiger partial charge on any atom is 0.146 e. The zero-order valence-electron chi connectivity index (χ0n) is 8.23. The van der Waals surface area contributed by atoms with Crippen LogP contribution < -0.4 is 15.2 Å². The van der Waals surface area contributed by atoms with Crippen molar-refractivity contribution in [3.8, 4) is 11.5 Å². The van der Waals surface area contributed by atoms with E-state index in [0.717, 1.165) is 0 Å². The van der Waals surface area contributed by atoms with Crippen LogP contribution in [0.4, 0.5) is 0 Å². The summed E-state index contributed by atoms with van der Waals surface area (Å²) in [6, 6.07) is 0. The lowest BCUT2D eigenvalue weighted by Gasteiger charge is -2.15. The third kappa shape index (κ3) is 1.94. The van der Waals surface area contributed by atoms with Crippen LogP contribution in [0.3, 0.4) is 0 Å². The summed E-state index contributed by atoms with van der Waals surface area (Å²) in [5.41, 5.74) is 5.90. The molecule has 3 N–H and O–H groups in total. The van der Waals surface area contributed by atoms with Gasteiger partial charge in [-0.1, -0.05) is 0 Å². The number of aromatic nitrogens is 1. The topological polar surface area (TPSA) is 77.6 Å². The van der Waals surface area contributed by atoms with Gasteiger partial charge in [0.05, 0.1) is 38.3 Å². The molecule has 0 fully saturated rings. The Hall–Kier alpha value is -1.33. The van der Waals surface area contributed by atoms with Crippen LogP contribution in [0.2, 0.25) is 0 Å². The number of ether oxygens (including phenoxy) is 2. The number of hydrogen-bond acceptors (Lipinski definition) is 5. The SMILES string of the molecule is COc1cncc(OC)c1C(O)CN. The molecule has 1 aromatic heterocycles. The van der Waals surface area contributed by atoms with Crippen LogP contribution in [0.5, 0.6) is 11.5 Å². The first-order chi connectivity index (χ1) is 6.74. The molecule has 5 nitrogen and oxygen atoms in total. The van der Waals surface area contributed by atoms with E-state index in [1.165, 1.54) is 26.6 Å². The molecular weight excluding hydrogens is 184 g/mol. The molecule has 1 heterocycles. The summed E-state index contributed by atoms with van der Waals surface area (Å²) in [6.07, 6.45) is 2.22. The molecule has 0 aromatic carbocycles. The van der Waals surface area contributed by atoms with Gasteiger partial charge in [0.1, 0.15) is 11.5 Å². The fraction of sp³-hybridized carbons (Fsp3) is 0.444. The van der Waals surface area contributed by atoms with Gasteiger partial charge >= 0.3 is 0 Å². The molecule has 0 aliphatic carbocycles. The van der Waals surface area contributed by atoms with Crippen molar-refractivity contribution >= 4 is 0 Å². The van der Waals surface area contributed by atoms with Crippen molar-refractivity contribution in [2.75, 3.05) is 20.8 Å². The van der Waals surface area contributed by atoms with Gasteiger partial charge in [-0.2, -0.15) is 0 Å². The normalized spacial score (nSPS) is 12.3. The van der Waals surface area contributed by atoms with Gasteiger partial charge in [-0.3, -0.25) is 4.98 Å². The second kappa shape index (κ2) is 4.78. The number of methoxy groups -OCH3 is 2. The van der Waals surface area contributed by atoms with E-state index in [4.69, 9.17) is 15.2 Å². The van der Waals surface area contributed by atoms with Crippen LogP contribution in [-0.2, 0) is 0 Å². The van der Waals surface area contributed by atoms with E-state index < -0.39 is 6.10 Å². The standard InChI is InChI=1S/C9H14N2O3/c1-13-7-4-11-5-8(14-2)9(7)6(12)3-10/h4-6,12H,3,10H2,1-2H3.